The van der Waals surface area contributed by atoms with Gasteiger partial charge in [0, 0.05) is 30.6 Å². The Bertz CT molecular complexity index is 262. The van der Waals surface area contributed by atoms with Crippen molar-refractivity contribution in [2.75, 3.05) is 26.2 Å². The SMILES string of the molecule is CC(C)N1CC(C(C)(C)N2CC(F)(F)C2)C1. The minimum absolute atomic E-state index is 0.0574. The Morgan fingerprint density at radius 1 is 1.19 bits per heavy atom. The lowest BCUT2D eigenvalue weighted by Crippen LogP contribution is -2.70. The molecule has 4 heteroatoms. The van der Waals surface area contributed by atoms with Gasteiger partial charge >= 0.3 is 0 Å². The molecule has 0 atom stereocenters. The van der Waals surface area contributed by atoms with Gasteiger partial charge in [0.25, 0.3) is 5.92 Å². The molecule has 0 N–H and O–H groups in total. The van der Waals surface area contributed by atoms with Gasteiger partial charge in [-0.15, -0.1) is 0 Å². The van der Waals surface area contributed by atoms with Gasteiger partial charge in [-0.2, -0.15) is 0 Å². The molecule has 0 bridgehead atoms. The third-order valence-corrected chi connectivity index (χ3v) is 4.30. The van der Waals surface area contributed by atoms with Crippen molar-refractivity contribution in [2.24, 2.45) is 5.92 Å². The topological polar surface area (TPSA) is 6.48 Å². The van der Waals surface area contributed by atoms with E-state index < -0.39 is 5.92 Å². The zero-order chi connectivity index (χ0) is 12.1. The van der Waals surface area contributed by atoms with E-state index in [4.69, 9.17) is 0 Å². The van der Waals surface area contributed by atoms with E-state index in [2.05, 4.69) is 32.6 Å². The molecule has 0 spiro atoms. The summed E-state index contributed by atoms with van der Waals surface area (Å²) < 4.78 is 25.7. The summed E-state index contributed by atoms with van der Waals surface area (Å²) in [7, 11) is 0. The van der Waals surface area contributed by atoms with Gasteiger partial charge in [-0.1, -0.05) is 0 Å². The summed E-state index contributed by atoms with van der Waals surface area (Å²) >= 11 is 0. The van der Waals surface area contributed by atoms with Gasteiger partial charge in [0.1, 0.15) is 0 Å². The fraction of sp³-hybridized carbons (Fsp3) is 1.00. The van der Waals surface area contributed by atoms with Crippen LogP contribution in [0.15, 0.2) is 0 Å². The Balaban J connectivity index is 1.86. The van der Waals surface area contributed by atoms with E-state index in [0.29, 0.717) is 12.0 Å². The predicted molar refractivity (Wildman–Crippen MR) is 60.8 cm³/mol. The van der Waals surface area contributed by atoms with Gasteiger partial charge in [0.15, 0.2) is 0 Å². The van der Waals surface area contributed by atoms with Gasteiger partial charge in [0.05, 0.1) is 13.1 Å². The maximum absolute atomic E-state index is 12.9. The van der Waals surface area contributed by atoms with Crippen LogP contribution >= 0.6 is 0 Å². The summed E-state index contributed by atoms with van der Waals surface area (Å²) in [6.07, 6.45) is 0. The first kappa shape index (κ1) is 12.2. The zero-order valence-corrected chi connectivity index (χ0v) is 10.6. The predicted octanol–water partition coefficient (Wildman–Crippen LogP) is 2.06. The molecule has 94 valence electrons. The number of likely N-dealkylation sites (tertiary alicyclic amines) is 2. The second kappa shape index (κ2) is 3.64. The molecule has 0 aromatic rings. The molecule has 0 saturated carbocycles. The van der Waals surface area contributed by atoms with Gasteiger partial charge in [-0.25, -0.2) is 8.78 Å². The van der Waals surface area contributed by atoms with Crippen LogP contribution in [0.4, 0.5) is 8.78 Å². The van der Waals surface area contributed by atoms with Crippen molar-refractivity contribution in [1.29, 1.82) is 0 Å². The summed E-state index contributed by atoms with van der Waals surface area (Å²) in [5.41, 5.74) is -0.0763. The zero-order valence-electron chi connectivity index (χ0n) is 10.6. The van der Waals surface area contributed by atoms with Crippen molar-refractivity contribution in [1.82, 2.24) is 9.80 Å². The Hall–Kier alpha value is -0.220. The van der Waals surface area contributed by atoms with Gasteiger partial charge < -0.3 is 4.90 Å². The van der Waals surface area contributed by atoms with Crippen LogP contribution in [0.1, 0.15) is 27.7 Å². The number of rotatable bonds is 3. The molecule has 2 aliphatic rings. The summed E-state index contributed by atoms with van der Waals surface area (Å²) in [6.45, 7) is 10.5. The van der Waals surface area contributed by atoms with Crippen molar-refractivity contribution < 1.29 is 8.78 Å². The first-order valence-corrected chi connectivity index (χ1v) is 6.09. The molecule has 0 aromatic heterocycles. The van der Waals surface area contributed by atoms with E-state index in [1.165, 1.54) is 0 Å². The minimum atomic E-state index is -2.45. The largest absolute Gasteiger partial charge is 0.300 e. The Labute approximate surface area is 96.6 Å². The van der Waals surface area contributed by atoms with Crippen LogP contribution in [0.2, 0.25) is 0 Å². The van der Waals surface area contributed by atoms with E-state index >= 15 is 0 Å². The summed E-state index contributed by atoms with van der Waals surface area (Å²) in [6, 6.07) is 0.574. The standard InChI is InChI=1S/C12H22F2N2/c1-9(2)15-5-10(6-15)11(3,4)16-7-12(13,14)8-16/h9-10H,5-8H2,1-4H3. The first-order chi connectivity index (χ1) is 7.22. The van der Waals surface area contributed by atoms with Crippen LogP contribution < -0.4 is 0 Å². The molecule has 2 saturated heterocycles. The molecule has 0 aliphatic carbocycles. The second-order valence-corrected chi connectivity index (χ2v) is 6.11. The van der Waals surface area contributed by atoms with Gasteiger partial charge in [0.2, 0.25) is 0 Å². The van der Waals surface area contributed by atoms with Crippen LogP contribution in [0.25, 0.3) is 0 Å². The highest BCUT2D eigenvalue weighted by molar-refractivity contribution is 5.03. The lowest BCUT2D eigenvalue weighted by molar-refractivity contribution is -0.186. The normalized spacial score (nSPS) is 27.9. The van der Waals surface area contributed by atoms with E-state index in [9.17, 15) is 8.78 Å². The number of hydrogen-bond acceptors (Lipinski definition) is 2. The van der Waals surface area contributed by atoms with Crippen molar-refractivity contribution in [2.45, 2.75) is 45.2 Å². The van der Waals surface area contributed by atoms with Crippen LogP contribution in [-0.2, 0) is 0 Å². The molecule has 0 aromatic carbocycles. The van der Waals surface area contributed by atoms with Crippen LogP contribution in [0, 0.1) is 5.92 Å². The number of nitrogens with zero attached hydrogens (tertiary/aromatic N) is 2. The monoisotopic (exact) mass is 232 g/mol. The number of halogens is 2. The highest BCUT2D eigenvalue weighted by atomic mass is 19.3. The maximum atomic E-state index is 12.9. The highest BCUT2D eigenvalue weighted by Crippen LogP contribution is 2.40. The van der Waals surface area contributed by atoms with E-state index in [1.54, 1.807) is 0 Å². The van der Waals surface area contributed by atoms with Crippen molar-refractivity contribution in [3.05, 3.63) is 0 Å². The maximum Gasteiger partial charge on any atom is 0.272 e. The van der Waals surface area contributed by atoms with E-state index in [1.807, 2.05) is 4.90 Å². The van der Waals surface area contributed by atoms with Crippen molar-refractivity contribution in [3.63, 3.8) is 0 Å². The summed E-state index contributed by atoms with van der Waals surface area (Å²) in [5.74, 6) is -1.91. The molecule has 16 heavy (non-hydrogen) atoms. The van der Waals surface area contributed by atoms with Crippen LogP contribution in [0.5, 0.6) is 0 Å². The third-order valence-electron chi connectivity index (χ3n) is 4.30. The fourth-order valence-corrected chi connectivity index (χ4v) is 2.56. The van der Waals surface area contributed by atoms with Crippen molar-refractivity contribution >= 4 is 0 Å². The molecule has 0 unspecified atom stereocenters. The first-order valence-electron chi connectivity index (χ1n) is 6.09. The fourth-order valence-electron chi connectivity index (χ4n) is 2.56. The average Bonchev–Trinajstić information content (AvgIpc) is 1.94. The van der Waals surface area contributed by atoms with Crippen LogP contribution in [-0.4, -0.2) is 53.5 Å². The quantitative estimate of drug-likeness (QED) is 0.735. The average molecular weight is 232 g/mol. The molecule has 2 aliphatic heterocycles. The molecular weight excluding hydrogens is 210 g/mol. The Kier molecular flexibility index (Phi) is 2.78. The number of alkyl halides is 2. The van der Waals surface area contributed by atoms with E-state index in [0.717, 1.165) is 13.1 Å². The molecule has 2 heterocycles. The molecule has 2 nitrogen and oxygen atoms in total. The molecule has 0 amide bonds. The van der Waals surface area contributed by atoms with Gasteiger partial charge in [-0.3, -0.25) is 4.90 Å². The number of hydrogen-bond donors (Lipinski definition) is 0. The molecule has 0 radical (unpaired) electrons. The Morgan fingerprint density at radius 3 is 2.06 bits per heavy atom. The smallest absolute Gasteiger partial charge is 0.272 e. The summed E-state index contributed by atoms with van der Waals surface area (Å²) in [4.78, 5) is 4.32. The molecule has 2 rings (SSSR count). The van der Waals surface area contributed by atoms with E-state index in [-0.39, 0.29) is 18.6 Å². The van der Waals surface area contributed by atoms with Crippen LogP contribution in [0.3, 0.4) is 0 Å². The highest BCUT2D eigenvalue weighted by Gasteiger charge is 2.53. The van der Waals surface area contributed by atoms with Gasteiger partial charge in [-0.05, 0) is 27.7 Å². The minimum Gasteiger partial charge on any atom is -0.300 e. The molecular formula is C12H22F2N2. The lowest BCUT2D eigenvalue weighted by Gasteiger charge is -2.57. The second-order valence-electron chi connectivity index (χ2n) is 6.11. The third kappa shape index (κ3) is 1.97. The summed E-state index contributed by atoms with van der Waals surface area (Å²) in [5, 5.41) is 0. The lowest BCUT2D eigenvalue weighted by atomic mass is 9.77. The Morgan fingerprint density at radius 2 is 1.69 bits per heavy atom. The van der Waals surface area contributed by atoms with Crippen molar-refractivity contribution in [3.8, 4) is 0 Å². The molecule has 2 fully saturated rings.